The number of amides is 1. The van der Waals surface area contributed by atoms with Crippen molar-refractivity contribution >= 4 is 23.2 Å². The highest BCUT2D eigenvalue weighted by Crippen LogP contribution is 2.47. The van der Waals surface area contributed by atoms with Gasteiger partial charge in [-0.1, -0.05) is 44.0 Å². The van der Waals surface area contributed by atoms with Crippen LogP contribution in [0.4, 0.5) is 0 Å². The Labute approximate surface area is 199 Å². The summed E-state index contributed by atoms with van der Waals surface area (Å²) in [6.07, 6.45) is 3.58. The highest BCUT2D eigenvalue weighted by molar-refractivity contribution is 7.10. The molecule has 0 spiro atoms. The van der Waals surface area contributed by atoms with E-state index in [4.69, 9.17) is 10.7 Å². The molecule has 0 fully saturated rings. The van der Waals surface area contributed by atoms with E-state index >= 15 is 0 Å². The van der Waals surface area contributed by atoms with Crippen LogP contribution in [0.25, 0.3) is 11.1 Å². The fourth-order valence-electron chi connectivity index (χ4n) is 4.23. The lowest BCUT2D eigenvalue weighted by Crippen LogP contribution is -2.52. The Hall–Kier alpha value is -3.43. The number of pyridine rings is 1. The Bertz CT molecular complexity index is 1280. The molecule has 6 heteroatoms. The number of likely N-dealkylation sites (N-methyl/N-ethyl adjacent to an activating group) is 1. The van der Waals surface area contributed by atoms with Gasteiger partial charge in [0, 0.05) is 35.4 Å². The number of aliphatic imine (C=N–C) groups is 1. The monoisotopic (exact) mass is 456 g/mol. The maximum Gasteiger partial charge on any atom is 0.239 e. The average Bonchev–Trinajstić information content (AvgIpc) is 3.30. The summed E-state index contributed by atoms with van der Waals surface area (Å²) in [6, 6.07) is 12.4. The van der Waals surface area contributed by atoms with Crippen molar-refractivity contribution in [1.82, 2.24) is 9.88 Å². The maximum absolute atomic E-state index is 13.5. The summed E-state index contributed by atoms with van der Waals surface area (Å²) in [7, 11) is 1.68. The van der Waals surface area contributed by atoms with Crippen molar-refractivity contribution in [2.45, 2.75) is 45.1 Å². The normalized spacial score (nSPS) is 20.4. The fourth-order valence-corrected chi connectivity index (χ4v) is 5.28. The van der Waals surface area contributed by atoms with Gasteiger partial charge in [0.15, 0.2) is 5.96 Å². The number of carbonyl (C=O) groups excluding carboxylic acids is 1. The second-order valence-corrected chi connectivity index (χ2v) is 9.72. The topological polar surface area (TPSA) is 71.6 Å². The lowest BCUT2D eigenvalue weighted by Gasteiger charge is -2.40. The number of carbonyl (C=O) groups is 1. The van der Waals surface area contributed by atoms with Crippen LogP contribution in [0.1, 0.15) is 61.1 Å². The van der Waals surface area contributed by atoms with Gasteiger partial charge in [0.05, 0.1) is 5.92 Å². The van der Waals surface area contributed by atoms with Crippen LogP contribution in [0, 0.1) is 11.8 Å². The molecule has 33 heavy (non-hydrogen) atoms. The molecule has 4 rings (SSSR count). The summed E-state index contributed by atoms with van der Waals surface area (Å²) in [5.41, 5.74) is 10.4. The van der Waals surface area contributed by atoms with Gasteiger partial charge in [-0.2, -0.15) is 0 Å². The van der Waals surface area contributed by atoms with Gasteiger partial charge in [-0.3, -0.25) is 14.7 Å². The van der Waals surface area contributed by atoms with Crippen LogP contribution in [-0.4, -0.2) is 28.8 Å². The minimum atomic E-state index is -0.815. The number of aromatic nitrogens is 1. The van der Waals surface area contributed by atoms with Gasteiger partial charge < -0.3 is 5.73 Å². The van der Waals surface area contributed by atoms with E-state index < -0.39 is 11.5 Å². The van der Waals surface area contributed by atoms with Crippen molar-refractivity contribution in [3.05, 3.63) is 75.7 Å². The van der Waals surface area contributed by atoms with Crippen LogP contribution in [-0.2, 0) is 10.3 Å². The molecule has 1 amide bonds. The maximum atomic E-state index is 13.5. The van der Waals surface area contributed by atoms with E-state index in [1.54, 1.807) is 24.6 Å². The molecule has 0 unspecified atom stereocenters. The molecule has 3 aromatic rings. The number of hydrogen-bond acceptors (Lipinski definition) is 5. The molecule has 168 valence electrons. The fraction of sp³-hybridized carbons (Fsp3) is 0.296. The number of benzene rings is 1. The third-order valence-corrected chi connectivity index (χ3v) is 7.36. The molecule has 0 aliphatic carbocycles. The SMILES string of the molecule is CC#Cc1cncc(-c2csc([C@@]3(C)N=C(N)N(C)C(=O)[C@@H]3c3ccc(C(C)C)cc3)c2)c1. The third-order valence-electron chi connectivity index (χ3n) is 6.21. The number of rotatable bonds is 4. The molecule has 2 aromatic heterocycles. The second kappa shape index (κ2) is 8.84. The van der Waals surface area contributed by atoms with Crippen LogP contribution in [0.2, 0.25) is 0 Å². The lowest BCUT2D eigenvalue weighted by atomic mass is 9.77. The van der Waals surface area contributed by atoms with E-state index in [0.717, 1.165) is 27.1 Å². The number of nitrogens with zero attached hydrogens (tertiary/aromatic N) is 3. The first-order valence-electron chi connectivity index (χ1n) is 10.9. The molecule has 0 radical (unpaired) electrons. The molecule has 3 heterocycles. The number of nitrogens with two attached hydrogens (primary N) is 1. The van der Waals surface area contributed by atoms with Gasteiger partial charge in [-0.25, -0.2) is 4.99 Å². The van der Waals surface area contributed by atoms with Gasteiger partial charge in [-0.05, 0) is 54.0 Å². The van der Waals surface area contributed by atoms with Gasteiger partial charge in [0.1, 0.15) is 5.54 Å². The number of thiophene rings is 1. The Morgan fingerprint density at radius 3 is 2.55 bits per heavy atom. The Balaban J connectivity index is 1.80. The molecule has 0 saturated carbocycles. The molecule has 0 bridgehead atoms. The van der Waals surface area contributed by atoms with Crippen LogP contribution in [0.5, 0.6) is 0 Å². The summed E-state index contributed by atoms with van der Waals surface area (Å²) in [4.78, 5) is 25.1. The van der Waals surface area contributed by atoms with Crippen LogP contribution < -0.4 is 5.73 Å². The highest BCUT2D eigenvalue weighted by atomic mass is 32.1. The molecule has 1 aliphatic rings. The van der Waals surface area contributed by atoms with E-state index in [1.807, 2.05) is 38.2 Å². The van der Waals surface area contributed by atoms with Crippen molar-refractivity contribution in [3.63, 3.8) is 0 Å². The van der Waals surface area contributed by atoms with Crippen molar-refractivity contribution in [2.24, 2.45) is 10.7 Å². The minimum absolute atomic E-state index is 0.0564. The summed E-state index contributed by atoms with van der Waals surface area (Å²) < 4.78 is 0. The zero-order chi connectivity index (χ0) is 23.8. The van der Waals surface area contributed by atoms with E-state index in [-0.39, 0.29) is 11.9 Å². The van der Waals surface area contributed by atoms with Gasteiger partial charge >= 0.3 is 0 Å². The van der Waals surface area contributed by atoms with Crippen molar-refractivity contribution in [1.29, 1.82) is 0 Å². The van der Waals surface area contributed by atoms with Gasteiger partial charge in [0.2, 0.25) is 5.91 Å². The summed E-state index contributed by atoms with van der Waals surface area (Å²) >= 11 is 1.58. The minimum Gasteiger partial charge on any atom is -0.369 e. The number of guanidine groups is 1. The lowest BCUT2D eigenvalue weighted by molar-refractivity contribution is -0.130. The van der Waals surface area contributed by atoms with Crippen molar-refractivity contribution in [3.8, 4) is 23.0 Å². The molecule has 1 aliphatic heterocycles. The zero-order valence-electron chi connectivity index (χ0n) is 19.6. The standard InChI is InChI=1S/C27H28N4OS/c1-6-7-18-12-21(15-29-14-18)22-13-23(33-16-22)27(4)24(25(32)31(5)26(28)30-27)20-10-8-19(9-11-20)17(2)3/h8-17,24H,1-5H3,(H2,28,30)/t24-,27+/m0/s1. The second-order valence-electron chi connectivity index (χ2n) is 8.81. The molecule has 1 aromatic carbocycles. The van der Waals surface area contributed by atoms with Crippen LogP contribution in [0.15, 0.2) is 59.2 Å². The summed E-state index contributed by atoms with van der Waals surface area (Å²) in [6.45, 7) is 8.13. The van der Waals surface area contributed by atoms with Gasteiger partial charge in [0.25, 0.3) is 0 Å². The van der Waals surface area contributed by atoms with Crippen LogP contribution in [0.3, 0.4) is 0 Å². The Morgan fingerprint density at radius 1 is 1.15 bits per heavy atom. The predicted molar refractivity (Wildman–Crippen MR) is 135 cm³/mol. The quantitative estimate of drug-likeness (QED) is 0.556. The first-order chi connectivity index (χ1) is 15.7. The van der Waals surface area contributed by atoms with Crippen LogP contribution >= 0.6 is 11.3 Å². The van der Waals surface area contributed by atoms with E-state index in [0.29, 0.717) is 5.92 Å². The predicted octanol–water partition coefficient (Wildman–Crippen LogP) is 5.09. The average molecular weight is 457 g/mol. The van der Waals surface area contributed by atoms with Gasteiger partial charge in [-0.15, -0.1) is 17.3 Å². The van der Waals surface area contributed by atoms with Crippen molar-refractivity contribution < 1.29 is 4.79 Å². The third kappa shape index (κ3) is 4.17. The first kappa shape index (κ1) is 22.8. The number of hydrogen-bond donors (Lipinski definition) is 1. The largest absolute Gasteiger partial charge is 0.369 e. The van der Waals surface area contributed by atoms with E-state index in [1.165, 1.54) is 10.5 Å². The smallest absolute Gasteiger partial charge is 0.239 e. The highest BCUT2D eigenvalue weighted by Gasteiger charge is 2.48. The molecular weight excluding hydrogens is 428 g/mol. The Kier molecular flexibility index (Phi) is 6.09. The summed E-state index contributed by atoms with van der Waals surface area (Å²) in [5, 5.41) is 2.08. The van der Waals surface area contributed by atoms with E-state index in [9.17, 15) is 4.79 Å². The van der Waals surface area contributed by atoms with E-state index in [2.05, 4.69) is 54.3 Å². The summed E-state index contributed by atoms with van der Waals surface area (Å²) in [5.74, 6) is 6.09. The van der Waals surface area contributed by atoms with Crippen molar-refractivity contribution in [2.75, 3.05) is 7.05 Å². The molecule has 2 N–H and O–H groups in total. The Morgan fingerprint density at radius 2 is 1.88 bits per heavy atom. The molecule has 0 saturated heterocycles. The molecule has 5 nitrogen and oxygen atoms in total. The first-order valence-corrected chi connectivity index (χ1v) is 11.8. The molecule has 2 atom stereocenters. The molecular formula is C27H28N4OS. The zero-order valence-corrected chi connectivity index (χ0v) is 20.4.